The van der Waals surface area contributed by atoms with Crippen LogP contribution in [-0.2, 0) is 17.6 Å². The number of carbonyl (C=O) groups is 1. The summed E-state index contributed by atoms with van der Waals surface area (Å²) in [7, 11) is 0. The fraction of sp³-hybridized carbons (Fsp3) is 0.318. The molecule has 1 saturated heterocycles. The zero-order chi connectivity index (χ0) is 21.3. The molecule has 2 N–H and O–H groups in total. The van der Waals surface area contributed by atoms with Crippen LogP contribution in [0.15, 0.2) is 40.9 Å². The number of pyridine rings is 1. The molecule has 6 nitrogen and oxygen atoms in total. The average Bonchev–Trinajstić information content (AvgIpc) is 3.33. The van der Waals surface area contributed by atoms with Gasteiger partial charge >= 0.3 is 0 Å². The van der Waals surface area contributed by atoms with Crippen LogP contribution in [0, 0.1) is 24.5 Å². The minimum absolute atomic E-state index is 0.0211. The number of amides is 1. The third-order valence-corrected chi connectivity index (χ3v) is 5.31. The van der Waals surface area contributed by atoms with Crippen molar-refractivity contribution in [1.29, 1.82) is 0 Å². The van der Waals surface area contributed by atoms with Crippen molar-refractivity contribution in [3.05, 3.63) is 65.5 Å². The van der Waals surface area contributed by atoms with E-state index in [1.807, 2.05) is 6.92 Å². The Kier molecular flexibility index (Phi) is 5.48. The highest BCUT2D eigenvalue weighted by molar-refractivity contribution is 5.80. The van der Waals surface area contributed by atoms with Gasteiger partial charge in [-0.2, -0.15) is 0 Å². The van der Waals surface area contributed by atoms with Crippen LogP contribution in [0.2, 0.25) is 0 Å². The number of hydrogen-bond acceptors (Lipinski definition) is 5. The third-order valence-electron chi connectivity index (χ3n) is 5.31. The molecular weight excluding hydrogens is 390 g/mol. The largest absolute Gasteiger partial charge is 0.446 e. The van der Waals surface area contributed by atoms with Gasteiger partial charge in [-0.25, -0.2) is 13.8 Å². The number of rotatable bonds is 5. The number of anilines is 1. The van der Waals surface area contributed by atoms with E-state index in [0.29, 0.717) is 42.5 Å². The number of likely N-dealkylation sites (tertiary alicyclic amines) is 1. The molecule has 1 aromatic carbocycles. The summed E-state index contributed by atoms with van der Waals surface area (Å²) in [6, 6.07) is 6.44. The van der Waals surface area contributed by atoms with Crippen molar-refractivity contribution < 1.29 is 18.0 Å². The minimum atomic E-state index is -0.714. The molecule has 1 amide bonds. The van der Waals surface area contributed by atoms with Crippen LogP contribution in [0.1, 0.15) is 23.8 Å². The van der Waals surface area contributed by atoms with Gasteiger partial charge in [-0.3, -0.25) is 9.78 Å². The molecule has 1 aliphatic rings. The second kappa shape index (κ2) is 8.22. The Labute approximate surface area is 172 Å². The summed E-state index contributed by atoms with van der Waals surface area (Å²) < 4.78 is 32.8. The summed E-state index contributed by atoms with van der Waals surface area (Å²) in [6.07, 6.45) is 3.28. The molecule has 2 aromatic heterocycles. The van der Waals surface area contributed by atoms with Gasteiger partial charge in [-0.1, -0.05) is 0 Å². The van der Waals surface area contributed by atoms with Crippen LogP contribution in [0.4, 0.5) is 14.5 Å². The molecule has 0 spiro atoms. The maximum atomic E-state index is 14.1. The fourth-order valence-corrected chi connectivity index (χ4v) is 3.72. The third kappa shape index (κ3) is 4.32. The Morgan fingerprint density at radius 2 is 2.13 bits per heavy atom. The predicted molar refractivity (Wildman–Crippen MR) is 107 cm³/mol. The highest BCUT2D eigenvalue weighted by Gasteiger charge is 2.28. The summed E-state index contributed by atoms with van der Waals surface area (Å²) in [5.41, 5.74) is 7.21. The number of nitrogens with zero attached hydrogens (tertiary/aromatic N) is 3. The number of nitrogens with two attached hydrogens (primary N) is 1. The van der Waals surface area contributed by atoms with Gasteiger partial charge in [0.25, 0.3) is 0 Å². The standard InChI is InChI=1S/C22H22F2N4O2/c1-13-11-26-21(30-13)8-14-6-7-28(12-14)22(29)10-20-18(25)4-5-19(27-20)16-3-2-15(23)9-17(16)24/h2-5,9,11,14H,6-8,10,12,25H2,1H3. The van der Waals surface area contributed by atoms with Gasteiger partial charge in [0, 0.05) is 31.1 Å². The molecule has 156 valence electrons. The smallest absolute Gasteiger partial charge is 0.228 e. The summed E-state index contributed by atoms with van der Waals surface area (Å²) in [4.78, 5) is 23.2. The summed E-state index contributed by atoms with van der Waals surface area (Å²) in [5, 5.41) is 0. The molecule has 0 bridgehead atoms. The lowest BCUT2D eigenvalue weighted by atomic mass is 10.1. The van der Waals surface area contributed by atoms with E-state index in [1.165, 1.54) is 12.1 Å². The van der Waals surface area contributed by atoms with Crippen LogP contribution < -0.4 is 5.73 Å². The number of aryl methyl sites for hydroxylation is 1. The van der Waals surface area contributed by atoms with Crippen LogP contribution in [0.3, 0.4) is 0 Å². The first-order valence-corrected chi connectivity index (χ1v) is 9.79. The lowest BCUT2D eigenvalue weighted by molar-refractivity contribution is -0.129. The molecule has 3 aromatic rings. The maximum Gasteiger partial charge on any atom is 0.228 e. The van der Waals surface area contributed by atoms with Crippen LogP contribution in [0.25, 0.3) is 11.3 Å². The van der Waals surface area contributed by atoms with E-state index in [0.717, 1.165) is 18.2 Å². The number of oxazole rings is 1. The Bertz CT molecular complexity index is 1080. The number of hydrogen-bond donors (Lipinski definition) is 1. The van der Waals surface area contributed by atoms with Crippen molar-refractivity contribution >= 4 is 11.6 Å². The number of nitrogen functional groups attached to an aromatic ring is 1. The van der Waals surface area contributed by atoms with Gasteiger partial charge in [0.05, 0.1) is 29.7 Å². The molecule has 4 rings (SSSR count). The lowest BCUT2D eigenvalue weighted by Gasteiger charge is -2.17. The van der Waals surface area contributed by atoms with E-state index in [-0.39, 0.29) is 23.8 Å². The number of benzene rings is 1. The zero-order valence-electron chi connectivity index (χ0n) is 16.6. The van der Waals surface area contributed by atoms with Crippen molar-refractivity contribution in [1.82, 2.24) is 14.9 Å². The van der Waals surface area contributed by atoms with E-state index in [9.17, 15) is 13.6 Å². The van der Waals surface area contributed by atoms with E-state index < -0.39 is 11.6 Å². The Morgan fingerprint density at radius 1 is 1.30 bits per heavy atom. The quantitative estimate of drug-likeness (QED) is 0.693. The highest BCUT2D eigenvalue weighted by atomic mass is 19.1. The normalized spacial score (nSPS) is 16.2. The molecular formula is C22H22F2N4O2. The van der Waals surface area contributed by atoms with Crippen LogP contribution in [0.5, 0.6) is 0 Å². The van der Waals surface area contributed by atoms with Gasteiger partial charge < -0.3 is 15.1 Å². The van der Waals surface area contributed by atoms with Crippen molar-refractivity contribution in [3.8, 4) is 11.3 Å². The van der Waals surface area contributed by atoms with Crippen molar-refractivity contribution in [2.75, 3.05) is 18.8 Å². The lowest BCUT2D eigenvalue weighted by Crippen LogP contribution is -2.30. The van der Waals surface area contributed by atoms with Gasteiger partial charge in [-0.05, 0) is 43.5 Å². The Hall–Kier alpha value is -3.29. The van der Waals surface area contributed by atoms with E-state index >= 15 is 0 Å². The van der Waals surface area contributed by atoms with Crippen LogP contribution >= 0.6 is 0 Å². The average molecular weight is 412 g/mol. The monoisotopic (exact) mass is 412 g/mol. The van der Waals surface area contributed by atoms with Gasteiger partial charge in [0.1, 0.15) is 17.4 Å². The van der Waals surface area contributed by atoms with E-state index in [1.54, 1.807) is 23.2 Å². The first-order valence-electron chi connectivity index (χ1n) is 9.79. The topological polar surface area (TPSA) is 85.2 Å². The zero-order valence-corrected chi connectivity index (χ0v) is 16.6. The second-order valence-corrected chi connectivity index (χ2v) is 7.60. The molecule has 0 saturated carbocycles. The van der Waals surface area contributed by atoms with Crippen molar-refractivity contribution in [2.24, 2.45) is 5.92 Å². The molecule has 1 atom stereocenters. The molecule has 0 radical (unpaired) electrons. The summed E-state index contributed by atoms with van der Waals surface area (Å²) in [6.45, 7) is 3.12. The predicted octanol–water partition coefficient (Wildman–Crippen LogP) is 3.54. The summed E-state index contributed by atoms with van der Waals surface area (Å²) >= 11 is 0. The first-order chi connectivity index (χ1) is 14.4. The van der Waals surface area contributed by atoms with E-state index in [2.05, 4.69) is 9.97 Å². The Balaban J connectivity index is 1.44. The number of carbonyl (C=O) groups excluding carboxylic acids is 1. The molecule has 1 aliphatic heterocycles. The van der Waals surface area contributed by atoms with E-state index in [4.69, 9.17) is 10.2 Å². The minimum Gasteiger partial charge on any atom is -0.446 e. The molecule has 3 heterocycles. The van der Waals surface area contributed by atoms with Gasteiger partial charge in [-0.15, -0.1) is 0 Å². The molecule has 1 fully saturated rings. The number of halogens is 2. The maximum absolute atomic E-state index is 14.1. The fourth-order valence-electron chi connectivity index (χ4n) is 3.72. The SMILES string of the molecule is Cc1cnc(CC2CCN(C(=O)Cc3nc(-c4ccc(F)cc4F)ccc3N)C2)o1. The van der Waals surface area contributed by atoms with Gasteiger partial charge in [0.2, 0.25) is 5.91 Å². The second-order valence-electron chi connectivity index (χ2n) is 7.60. The summed E-state index contributed by atoms with van der Waals surface area (Å²) in [5.74, 6) is 0.287. The molecule has 30 heavy (non-hydrogen) atoms. The molecule has 8 heteroatoms. The first kappa shape index (κ1) is 20.0. The highest BCUT2D eigenvalue weighted by Crippen LogP contribution is 2.25. The van der Waals surface area contributed by atoms with Gasteiger partial charge in [0.15, 0.2) is 5.89 Å². The Morgan fingerprint density at radius 3 is 2.87 bits per heavy atom. The molecule has 1 unspecified atom stereocenters. The van der Waals surface area contributed by atoms with Crippen molar-refractivity contribution in [3.63, 3.8) is 0 Å². The van der Waals surface area contributed by atoms with Crippen LogP contribution in [-0.4, -0.2) is 33.9 Å². The van der Waals surface area contributed by atoms with Crippen molar-refractivity contribution in [2.45, 2.75) is 26.2 Å². The number of aromatic nitrogens is 2. The molecule has 0 aliphatic carbocycles.